The monoisotopic (exact) mass is 285 g/mol. The van der Waals surface area contributed by atoms with Crippen LogP contribution >= 0.6 is 0 Å². The molecule has 1 aliphatic heterocycles. The Morgan fingerprint density at radius 1 is 1.30 bits per heavy atom. The minimum absolute atomic E-state index is 0.175. The molecule has 0 spiro atoms. The van der Waals surface area contributed by atoms with Gasteiger partial charge >= 0.3 is 12.0 Å². The molecule has 0 bridgehead atoms. The lowest BCUT2D eigenvalue weighted by molar-refractivity contribution is -0.138. The van der Waals surface area contributed by atoms with Crippen LogP contribution in [0.15, 0.2) is 0 Å². The second-order valence-electron chi connectivity index (χ2n) is 6.64. The lowest BCUT2D eigenvalue weighted by atomic mass is 10.0. The van der Waals surface area contributed by atoms with Gasteiger partial charge < -0.3 is 19.8 Å². The number of carbonyl (C=O) groups excluding carboxylic acids is 1. The predicted molar refractivity (Wildman–Crippen MR) is 77.8 cm³/mol. The number of hydrogen-bond acceptors (Lipinski definition) is 3. The zero-order valence-electron chi connectivity index (χ0n) is 13.2. The SMILES string of the molecule is CN(C)C1CCCN(C(=O)N(CC(=O)O)C(C)(C)C)C1. The number of carbonyl (C=O) groups is 2. The summed E-state index contributed by atoms with van der Waals surface area (Å²) in [5.74, 6) is -0.977. The molecule has 1 aliphatic rings. The van der Waals surface area contributed by atoms with Crippen molar-refractivity contribution in [2.24, 2.45) is 0 Å². The van der Waals surface area contributed by atoms with E-state index in [1.165, 1.54) is 4.90 Å². The minimum Gasteiger partial charge on any atom is -0.480 e. The van der Waals surface area contributed by atoms with E-state index >= 15 is 0 Å². The molecule has 0 aromatic rings. The number of likely N-dealkylation sites (tertiary alicyclic amines) is 1. The number of amides is 2. The zero-order valence-corrected chi connectivity index (χ0v) is 13.2. The van der Waals surface area contributed by atoms with Crippen LogP contribution in [0, 0.1) is 0 Å². The summed E-state index contributed by atoms with van der Waals surface area (Å²) in [5.41, 5.74) is -0.499. The summed E-state index contributed by atoms with van der Waals surface area (Å²) in [7, 11) is 4.02. The summed E-state index contributed by atoms with van der Waals surface area (Å²) in [6.45, 7) is 6.70. The van der Waals surface area contributed by atoms with Gasteiger partial charge in [-0.15, -0.1) is 0 Å². The number of likely N-dealkylation sites (N-methyl/N-ethyl adjacent to an activating group) is 1. The van der Waals surface area contributed by atoms with Crippen molar-refractivity contribution in [1.29, 1.82) is 0 Å². The van der Waals surface area contributed by atoms with Crippen LogP contribution in [0.3, 0.4) is 0 Å². The summed E-state index contributed by atoms with van der Waals surface area (Å²) in [4.78, 5) is 29.0. The molecule has 0 aromatic heterocycles. The van der Waals surface area contributed by atoms with Gasteiger partial charge in [0.15, 0.2) is 0 Å². The molecule has 0 aliphatic carbocycles. The van der Waals surface area contributed by atoms with E-state index in [1.54, 1.807) is 4.90 Å². The van der Waals surface area contributed by atoms with Crippen molar-refractivity contribution in [2.45, 2.75) is 45.2 Å². The van der Waals surface area contributed by atoms with Crippen molar-refractivity contribution >= 4 is 12.0 Å². The molecule has 2 amide bonds. The quantitative estimate of drug-likeness (QED) is 0.849. The Labute approximate surface area is 121 Å². The van der Waals surface area contributed by atoms with E-state index < -0.39 is 11.5 Å². The molecule has 1 heterocycles. The molecule has 20 heavy (non-hydrogen) atoms. The smallest absolute Gasteiger partial charge is 0.323 e. The van der Waals surface area contributed by atoms with Crippen molar-refractivity contribution in [3.05, 3.63) is 0 Å². The number of hydrogen-bond donors (Lipinski definition) is 1. The molecule has 0 aromatic carbocycles. The van der Waals surface area contributed by atoms with Gasteiger partial charge in [-0.3, -0.25) is 4.79 Å². The van der Waals surface area contributed by atoms with Crippen LogP contribution in [-0.2, 0) is 4.79 Å². The number of piperidine rings is 1. The van der Waals surface area contributed by atoms with E-state index in [2.05, 4.69) is 4.90 Å². The second kappa shape index (κ2) is 6.43. The van der Waals surface area contributed by atoms with Gasteiger partial charge in [0, 0.05) is 24.7 Å². The molecule has 6 heteroatoms. The number of carboxylic acid groups (broad SMARTS) is 1. The molecule has 6 nitrogen and oxygen atoms in total. The molecule has 1 saturated heterocycles. The first-order valence-corrected chi connectivity index (χ1v) is 7.07. The molecular weight excluding hydrogens is 258 g/mol. The van der Waals surface area contributed by atoms with Crippen LogP contribution in [0.1, 0.15) is 33.6 Å². The fourth-order valence-corrected chi connectivity index (χ4v) is 2.45. The third-order valence-corrected chi connectivity index (χ3v) is 3.73. The summed E-state index contributed by atoms with van der Waals surface area (Å²) >= 11 is 0. The molecular formula is C14H27N3O3. The number of urea groups is 1. The largest absolute Gasteiger partial charge is 0.480 e. The lowest BCUT2D eigenvalue weighted by Crippen LogP contribution is -2.57. The van der Waals surface area contributed by atoms with E-state index in [-0.39, 0.29) is 12.6 Å². The first-order chi connectivity index (χ1) is 9.12. The fraction of sp³-hybridized carbons (Fsp3) is 0.857. The standard InChI is InChI=1S/C14H27N3O3/c1-14(2,3)17(10-12(18)19)13(20)16-8-6-7-11(9-16)15(4)5/h11H,6-10H2,1-5H3,(H,18,19). The van der Waals surface area contributed by atoms with Gasteiger partial charge in [0.25, 0.3) is 0 Å². The molecule has 1 atom stereocenters. The Kier molecular flexibility index (Phi) is 5.39. The predicted octanol–water partition coefficient (Wildman–Crippen LogP) is 1.32. The van der Waals surface area contributed by atoms with Crippen LogP contribution in [0.2, 0.25) is 0 Å². The number of aliphatic carboxylic acids is 1. The van der Waals surface area contributed by atoms with E-state index in [0.29, 0.717) is 19.1 Å². The Morgan fingerprint density at radius 2 is 1.90 bits per heavy atom. The first kappa shape index (κ1) is 16.8. The fourth-order valence-electron chi connectivity index (χ4n) is 2.45. The molecule has 0 radical (unpaired) electrons. The van der Waals surface area contributed by atoms with Crippen molar-refractivity contribution < 1.29 is 14.7 Å². The summed E-state index contributed by atoms with van der Waals surface area (Å²) < 4.78 is 0. The van der Waals surface area contributed by atoms with Crippen LogP contribution in [-0.4, -0.2) is 77.1 Å². The second-order valence-corrected chi connectivity index (χ2v) is 6.64. The van der Waals surface area contributed by atoms with Gasteiger partial charge in [-0.1, -0.05) is 0 Å². The highest BCUT2D eigenvalue weighted by atomic mass is 16.4. The average molecular weight is 285 g/mol. The Morgan fingerprint density at radius 3 is 2.35 bits per heavy atom. The third-order valence-electron chi connectivity index (χ3n) is 3.73. The number of carboxylic acids is 1. The summed E-state index contributed by atoms with van der Waals surface area (Å²) in [6, 6.07) is 0.172. The Balaban J connectivity index is 2.81. The van der Waals surface area contributed by atoms with Crippen molar-refractivity contribution in [1.82, 2.24) is 14.7 Å². The first-order valence-electron chi connectivity index (χ1n) is 7.07. The van der Waals surface area contributed by atoms with Gasteiger partial charge in [-0.05, 0) is 47.7 Å². The summed E-state index contributed by atoms with van der Waals surface area (Å²) in [5, 5.41) is 9.01. The van der Waals surface area contributed by atoms with Gasteiger partial charge in [0.05, 0.1) is 0 Å². The van der Waals surface area contributed by atoms with E-state index in [4.69, 9.17) is 5.11 Å². The Bertz CT molecular complexity index is 363. The normalized spacial score (nSPS) is 20.1. The zero-order chi connectivity index (χ0) is 15.5. The van der Waals surface area contributed by atoms with E-state index in [1.807, 2.05) is 34.9 Å². The lowest BCUT2D eigenvalue weighted by Gasteiger charge is -2.42. The molecule has 1 unspecified atom stereocenters. The van der Waals surface area contributed by atoms with Crippen molar-refractivity contribution in [3.8, 4) is 0 Å². The van der Waals surface area contributed by atoms with Gasteiger partial charge in [-0.25, -0.2) is 4.79 Å². The van der Waals surface area contributed by atoms with Gasteiger partial charge in [0.1, 0.15) is 6.54 Å². The molecule has 1 fully saturated rings. The van der Waals surface area contributed by atoms with E-state index in [9.17, 15) is 9.59 Å². The maximum Gasteiger partial charge on any atom is 0.323 e. The maximum atomic E-state index is 12.6. The van der Waals surface area contributed by atoms with Crippen molar-refractivity contribution in [2.75, 3.05) is 33.7 Å². The van der Waals surface area contributed by atoms with Gasteiger partial charge in [0.2, 0.25) is 0 Å². The summed E-state index contributed by atoms with van der Waals surface area (Å²) in [6.07, 6.45) is 2.03. The molecule has 1 N–H and O–H groups in total. The van der Waals surface area contributed by atoms with Crippen LogP contribution < -0.4 is 0 Å². The third kappa shape index (κ3) is 4.37. The number of rotatable bonds is 3. The van der Waals surface area contributed by atoms with E-state index in [0.717, 1.165) is 12.8 Å². The number of nitrogens with zero attached hydrogens (tertiary/aromatic N) is 3. The van der Waals surface area contributed by atoms with Crippen LogP contribution in [0.5, 0.6) is 0 Å². The van der Waals surface area contributed by atoms with Crippen molar-refractivity contribution in [3.63, 3.8) is 0 Å². The maximum absolute atomic E-state index is 12.6. The van der Waals surface area contributed by atoms with Crippen LogP contribution in [0.4, 0.5) is 4.79 Å². The minimum atomic E-state index is -0.977. The van der Waals surface area contributed by atoms with Crippen LogP contribution in [0.25, 0.3) is 0 Å². The average Bonchev–Trinajstić information content (AvgIpc) is 2.33. The molecule has 0 saturated carbocycles. The molecule has 1 rings (SSSR count). The highest BCUT2D eigenvalue weighted by Crippen LogP contribution is 2.20. The molecule has 116 valence electrons. The highest BCUT2D eigenvalue weighted by Gasteiger charge is 2.34. The Hall–Kier alpha value is -1.30. The highest BCUT2D eigenvalue weighted by molar-refractivity contribution is 5.81. The van der Waals surface area contributed by atoms with Gasteiger partial charge in [-0.2, -0.15) is 0 Å². The topological polar surface area (TPSA) is 64.1 Å².